The van der Waals surface area contributed by atoms with Crippen LogP contribution in [0.25, 0.3) is 0 Å². The van der Waals surface area contributed by atoms with Gasteiger partial charge in [-0.25, -0.2) is 0 Å². The van der Waals surface area contributed by atoms with Crippen molar-refractivity contribution in [3.05, 3.63) is 65.7 Å². The van der Waals surface area contributed by atoms with Gasteiger partial charge in [-0.05, 0) is 17.7 Å². The first-order valence-electron chi connectivity index (χ1n) is 5.95. The highest BCUT2D eigenvalue weighted by Gasteiger charge is 2.38. The van der Waals surface area contributed by atoms with E-state index in [1.54, 1.807) is 6.07 Å². The summed E-state index contributed by atoms with van der Waals surface area (Å²) in [6.45, 7) is 0. The molecule has 0 saturated heterocycles. The molecule has 0 spiro atoms. The van der Waals surface area contributed by atoms with Gasteiger partial charge in [0, 0.05) is 0 Å². The third kappa shape index (κ3) is 1.69. The zero-order chi connectivity index (χ0) is 12.5. The largest absolute Gasteiger partial charge is 0.478 e. The molecular weight excluding hydrogens is 226 g/mol. The number of carbonyl (C=O) groups is 1. The molecule has 0 aromatic heterocycles. The summed E-state index contributed by atoms with van der Waals surface area (Å²) in [6, 6.07) is 16.7. The summed E-state index contributed by atoms with van der Waals surface area (Å²) >= 11 is 0. The Labute approximate surface area is 105 Å². The standard InChI is InChI=1S/C15H13NO2/c16-13-14(17)11-8-4-5-9-12(11)18-15(13)10-6-2-1-3-7-10/h1-9,13,15H,16H2/p+1. The molecule has 3 nitrogen and oxygen atoms in total. The van der Waals surface area contributed by atoms with Gasteiger partial charge in [-0.1, -0.05) is 42.5 Å². The van der Waals surface area contributed by atoms with Gasteiger partial charge in [-0.3, -0.25) is 4.79 Å². The quantitative estimate of drug-likeness (QED) is 0.823. The minimum atomic E-state index is -0.401. The number of hydrogen-bond donors (Lipinski definition) is 1. The summed E-state index contributed by atoms with van der Waals surface area (Å²) in [7, 11) is 0. The van der Waals surface area contributed by atoms with Gasteiger partial charge in [0.15, 0.2) is 12.1 Å². The number of ether oxygens (including phenoxy) is 1. The van der Waals surface area contributed by atoms with Crippen molar-refractivity contribution < 1.29 is 15.3 Å². The summed E-state index contributed by atoms with van der Waals surface area (Å²) in [4.78, 5) is 12.3. The highest BCUT2D eigenvalue weighted by molar-refractivity contribution is 6.02. The Balaban J connectivity index is 2.04. The first kappa shape index (κ1) is 11.0. The van der Waals surface area contributed by atoms with Gasteiger partial charge >= 0.3 is 0 Å². The van der Waals surface area contributed by atoms with Crippen LogP contribution in [0.4, 0.5) is 0 Å². The Morgan fingerprint density at radius 1 is 0.944 bits per heavy atom. The lowest BCUT2D eigenvalue weighted by Crippen LogP contribution is -2.69. The molecule has 2 aromatic rings. The van der Waals surface area contributed by atoms with Crippen molar-refractivity contribution in [2.45, 2.75) is 12.1 Å². The predicted octanol–water partition coefficient (Wildman–Crippen LogP) is 1.61. The average molecular weight is 240 g/mol. The van der Waals surface area contributed by atoms with E-state index in [-0.39, 0.29) is 11.9 Å². The number of benzene rings is 2. The molecule has 90 valence electrons. The molecule has 0 fully saturated rings. The number of Topliss-reactive ketones (excluding diaryl/α,β-unsaturated/α-hetero) is 1. The monoisotopic (exact) mass is 240 g/mol. The van der Waals surface area contributed by atoms with Gasteiger partial charge in [0.25, 0.3) is 0 Å². The Morgan fingerprint density at radius 2 is 1.61 bits per heavy atom. The van der Waals surface area contributed by atoms with Crippen LogP contribution in [0.5, 0.6) is 5.75 Å². The zero-order valence-corrected chi connectivity index (χ0v) is 9.87. The van der Waals surface area contributed by atoms with Crippen LogP contribution in [0, 0.1) is 0 Å². The topological polar surface area (TPSA) is 53.9 Å². The van der Waals surface area contributed by atoms with Crippen molar-refractivity contribution in [3.63, 3.8) is 0 Å². The maximum Gasteiger partial charge on any atom is 0.227 e. The molecule has 18 heavy (non-hydrogen) atoms. The lowest BCUT2D eigenvalue weighted by atomic mass is 9.92. The van der Waals surface area contributed by atoms with E-state index in [0.717, 1.165) is 5.56 Å². The molecule has 3 N–H and O–H groups in total. The van der Waals surface area contributed by atoms with Crippen molar-refractivity contribution in [1.29, 1.82) is 0 Å². The Hall–Kier alpha value is -2.13. The van der Waals surface area contributed by atoms with E-state index < -0.39 is 6.04 Å². The normalized spacial score (nSPS) is 22.2. The summed E-state index contributed by atoms with van der Waals surface area (Å²) in [5.74, 6) is 0.696. The number of hydrogen-bond acceptors (Lipinski definition) is 2. The van der Waals surface area contributed by atoms with E-state index in [1.165, 1.54) is 0 Å². The van der Waals surface area contributed by atoms with Gasteiger partial charge in [0.1, 0.15) is 5.75 Å². The first-order chi connectivity index (χ1) is 8.77. The molecule has 0 saturated carbocycles. The van der Waals surface area contributed by atoms with Gasteiger partial charge in [-0.15, -0.1) is 0 Å². The van der Waals surface area contributed by atoms with E-state index in [9.17, 15) is 4.79 Å². The number of quaternary nitrogens is 1. The molecule has 0 aliphatic carbocycles. The van der Waals surface area contributed by atoms with Gasteiger partial charge in [0.2, 0.25) is 5.78 Å². The van der Waals surface area contributed by atoms with Crippen molar-refractivity contribution in [2.24, 2.45) is 0 Å². The molecule has 1 heterocycles. The molecule has 1 aliphatic heterocycles. The molecule has 2 atom stereocenters. The van der Waals surface area contributed by atoms with Crippen LogP contribution in [0.15, 0.2) is 54.6 Å². The van der Waals surface area contributed by atoms with Crippen LogP contribution in [0.1, 0.15) is 22.0 Å². The summed E-state index contributed by atoms with van der Waals surface area (Å²) in [6.07, 6.45) is -0.298. The minimum absolute atomic E-state index is 0.0469. The fourth-order valence-corrected chi connectivity index (χ4v) is 2.27. The lowest BCUT2D eigenvalue weighted by Gasteiger charge is -2.28. The van der Waals surface area contributed by atoms with Gasteiger partial charge in [0.05, 0.1) is 5.56 Å². The van der Waals surface area contributed by atoms with Gasteiger partial charge < -0.3 is 10.5 Å². The van der Waals surface area contributed by atoms with Crippen LogP contribution in [0.3, 0.4) is 0 Å². The molecule has 2 unspecified atom stereocenters. The lowest BCUT2D eigenvalue weighted by molar-refractivity contribution is -0.416. The van der Waals surface area contributed by atoms with Crippen molar-refractivity contribution in [1.82, 2.24) is 0 Å². The highest BCUT2D eigenvalue weighted by atomic mass is 16.5. The van der Waals surface area contributed by atoms with Crippen LogP contribution in [-0.2, 0) is 0 Å². The summed E-state index contributed by atoms with van der Waals surface area (Å²) < 4.78 is 5.92. The zero-order valence-electron chi connectivity index (χ0n) is 9.87. The fourth-order valence-electron chi connectivity index (χ4n) is 2.27. The number of fused-ring (bicyclic) bond motifs is 1. The van der Waals surface area contributed by atoms with Crippen LogP contribution >= 0.6 is 0 Å². The molecule has 2 aromatic carbocycles. The van der Waals surface area contributed by atoms with Crippen LogP contribution in [0.2, 0.25) is 0 Å². The molecule has 0 bridgehead atoms. The van der Waals surface area contributed by atoms with E-state index in [1.807, 2.05) is 48.5 Å². The van der Waals surface area contributed by atoms with E-state index in [2.05, 4.69) is 5.73 Å². The summed E-state index contributed by atoms with van der Waals surface area (Å²) in [5.41, 5.74) is 5.58. The van der Waals surface area contributed by atoms with E-state index >= 15 is 0 Å². The molecule has 0 radical (unpaired) electrons. The average Bonchev–Trinajstić information content (AvgIpc) is 2.44. The number of rotatable bonds is 1. The van der Waals surface area contributed by atoms with E-state index in [0.29, 0.717) is 11.3 Å². The van der Waals surface area contributed by atoms with Gasteiger partial charge in [-0.2, -0.15) is 0 Å². The Bertz CT molecular complexity index is 580. The Kier molecular flexibility index (Phi) is 2.61. The second-order valence-corrected chi connectivity index (χ2v) is 4.42. The third-order valence-electron chi connectivity index (χ3n) is 3.24. The SMILES string of the molecule is [NH3+]C1C(=O)c2ccccc2OC1c1ccccc1. The third-order valence-corrected chi connectivity index (χ3v) is 3.24. The first-order valence-corrected chi connectivity index (χ1v) is 5.95. The van der Waals surface area contributed by atoms with Crippen molar-refractivity contribution in [2.75, 3.05) is 0 Å². The molecule has 3 rings (SSSR count). The molecular formula is C15H14NO2+. The smallest absolute Gasteiger partial charge is 0.227 e. The molecule has 3 heteroatoms. The highest BCUT2D eigenvalue weighted by Crippen LogP contribution is 2.33. The number of carbonyl (C=O) groups excluding carboxylic acids is 1. The maximum absolute atomic E-state index is 12.3. The second-order valence-electron chi connectivity index (χ2n) is 4.42. The summed E-state index contributed by atoms with van der Waals surface area (Å²) in [5, 5.41) is 0. The van der Waals surface area contributed by atoms with E-state index in [4.69, 9.17) is 4.74 Å². The second kappa shape index (κ2) is 4.27. The predicted molar refractivity (Wildman–Crippen MR) is 67.3 cm³/mol. The van der Waals surface area contributed by atoms with Crippen molar-refractivity contribution >= 4 is 5.78 Å². The van der Waals surface area contributed by atoms with Crippen LogP contribution in [-0.4, -0.2) is 11.8 Å². The number of ketones is 1. The van der Waals surface area contributed by atoms with Crippen molar-refractivity contribution in [3.8, 4) is 5.75 Å². The minimum Gasteiger partial charge on any atom is -0.478 e. The fraction of sp³-hybridized carbons (Fsp3) is 0.133. The molecule has 1 aliphatic rings. The molecule has 0 amide bonds. The maximum atomic E-state index is 12.3. The number of para-hydroxylation sites is 1. The van der Waals surface area contributed by atoms with Crippen LogP contribution < -0.4 is 10.5 Å². The Morgan fingerprint density at radius 3 is 2.39 bits per heavy atom.